The first-order chi connectivity index (χ1) is 9.85. The van der Waals surface area contributed by atoms with Gasteiger partial charge < -0.3 is 10.6 Å². The molecule has 1 aromatic rings. The molecule has 1 saturated carbocycles. The third-order valence-corrected chi connectivity index (χ3v) is 3.94. The predicted octanol–water partition coefficient (Wildman–Crippen LogP) is 2.95. The minimum Gasteiger partial charge on any atom is -0.382 e. The summed E-state index contributed by atoms with van der Waals surface area (Å²) in [5.41, 5.74) is 0.971. The van der Waals surface area contributed by atoms with Crippen LogP contribution in [-0.2, 0) is 0 Å². The van der Waals surface area contributed by atoms with E-state index in [0.717, 1.165) is 6.54 Å². The molecule has 0 radical (unpaired) electrons. The van der Waals surface area contributed by atoms with Crippen LogP contribution in [0.25, 0.3) is 0 Å². The van der Waals surface area contributed by atoms with Crippen molar-refractivity contribution in [1.82, 2.24) is 15.3 Å². The van der Waals surface area contributed by atoms with Gasteiger partial charge in [0.15, 0.2) is 5.69 Å². The van der Waals surface area contributed by atoms with Crippen LogP contribution in [0.15, 0.2) is 6.20 Å². The zero-order valence-electron chi connectivity index (χ0n) is 13.7. The summed E-state index contributed by atoms with van der Waals surface area (Å²) in [4.78, 5) is 21.4. The van der Waals surface area contributed by atoms with E-state index in [0.29, 0.717) is 23.1 Å². The van der Waals surface area contributed by atoms with E-state index in [9.17, 15) is 4.79 Å². The van der Waals surface area contributed by atoms with Crippen LogP contribution < -0.4 is 10.6 Å². The Morgan fingerprint density at radius 2 is 2.10 bits per heavy atom. The summed E-state index contributed by atoms with van der Waals surface area (Å²) >= 11 is 0. The van der Waals surface area contributed by atoms with E-state index in [-0.39, 0.29) is 17.4 Å². The molecule has 0 unspecified atom stereocenters. The van der Waals surface area contributed by atoms with Crippen LogP contribution in [0.4, 0.5) is 5.69 Å². The van der Waals surface area contributed by atoms with Gasteiger partial charge in [0.2, 0.25) is 0 Å². The van der Waals surface area contributed by atoms with Crippen molar-refractivity contribution in [1.29, 1.82) is 0 Å². The quantitative estimate of drug-likeness (QED) is 0.845. The normalized spacial score (nSPS) is 15.1. The Hall–Kier alpha value is -1.65. The number of hydrogen-bond acceptors (Lipinski definition) is 4. The highest BCUT2D eigenvalue weighted by atomic mass is 16.2. The van der Waals surface area contributed by atoms with Gasteiger partial charge >= 0.3 is 0 Å². The molecule has 1 amide bonds. The first-order valence-electron chi connectivity index (χ1n) is 7.78. The molecule has 1 heterocycles. The van der Waals surface area contributed by atoms with Gasteiger partial charge in [-0.15, -0.1) is 0 Å². The van der Waals surface area contributed by atoms with Crippen molar-refractivity contribution in [2.45, 2.75) is 58.9 Å². The maximum absolute atomic E-state index is 12.6. The Labute approximate surface area is 127 Å². The molecule has 1 fully saturated rings. The van der Waals surface area contributed by atoms with Crippen molar-refractivity contribution < 1.29 is 4.79 Å². The maximum atomic E-state index is 12.6. The molecular formula is C16H26N4O. The fourth-order valence-electron chi connectivity index (χ4n) is 2.43. The summed E-state index contributed by atoms with van der Waals surface area (Å²) in [5, 5.41) is 6.30. The third kappa shape index (κ3) is 3.71. The third-order valence-electron chi connectivity index (χ3n) is 3.94. The molecule has 0 atom stereocenters. The van der Waals surface area contributed by atoms with Crippen molar-refractivity contribution in [3.8, 4) is 0 Å². The van der Waals surface area contributed by atoms with Gasteiger partial charge in [0.25, 0.3) is 5.91 Å². The van der Waals surface area contributed by atoms with Gasteiger partial charge in [0.1, 0.15) is 5.82 Å². The highest BCUT2D eigenvalue weighted by Gasteiger charge is 2.39. The first kappa shape index (κ1) is 15.7. The SMILES string of the molecule is CCNc1cnc(C(C)C)nc1C(=O)NC(C)(C)C1CC1. The van der Waals surface area contributed by atoms with E-state index in [4.69, 9.17) is 0 Å². The number of amides is 1. The average Bonchev–Trinajstić information content (AvgIpc) is 3.23. The molecule has 2 N–H and O–H groups in total. The molecule has 0 aliphatic heterocycles. The van der Waals surface area contributed by atoms with Gasteiger partial charge in [-0.05, 0) is 39.5 Å². The lowest BCUT2D eigenvalue weighted by Gasteiger charge is -2.26. The summed E-state index contributed by atoms with van der Waals surface area (Å²) in [6.07, 6.45) is 4.09. The van der Waals surface area contributed by atoms with Gasteiger partial charge in [-0.25, -0.2) is 9.97 Å². The Morgan fingerprint density at radius 1 is 1.43 bits per heavy atom. The van der Waals surface area contributed by atoms with Crippen LogP contribution in [0.5, 0.6) is 0 Å². The predicted molar refractivity (Wildman–Crippen MR) is 84.6 cm³/mol. The monoisotopic (exact) mass is 290 g/mol. The van der Waals surface area contributed by atoms with E-state index in [2.05, 4.69) is 34.4 Å². The van der Waals surface area contributed by atoms with Crippen LogP contribution in [0, 0.1) is 5.92 Å². The molecule has 0 bridgehead atoms. The van der Waals surface area contributed by atoms with Crippen molar-refractivity contribution >= 4 is 11.6 Å². The molecule has 21 heavy (non-hydrogen) atoms. The number of nitrogens with zero attached hydrogens (tertiary/aromatic N) is 2. The van der Waals surface area contributed by atoms with E-state index in [1.54, 1.807) is 6.20 Å². The van der Waals surface area contributed by atoms with Gasteiger partial charge in [-0.1, -0.05) is 13.8 Å². The molecule has 2 rings (SSSR count). The lowest BCUT2D eigenvalue weighted by molar-refractivity contribution is 0.0898. The lowest BCUT2D eigenvalue weighted by atomic mass is 9.98. The minimum atomic E-state index is -0.177. The van der Waals surface area contributed by atoms with Crippen LogP contribution in [0.3, 0.4) is 0 Å². The average molecular weight is 290 g/mol. The molecule has 0 saturated heterocycles. The van der Waals surface area contributed by atoms with Gasteiger partial charge in [0, 0.05) is 18.0 Å². The standard InChI is InChI=1S/C16H26N4O/c1-6-17-12-9-18-14(10(2)3)19-13(12)15(21)20-16(4,5)11-7-8-11/h9-11,17H,6-8H2,1-5H3,(H,20,21). The minimum absolute atomic E-state index is 0.118. The smallest absolute Gasteiger partial charge is 0.272 e. The van der Waals surface area contributed by atoms with Crippen LogP contribution in [0.2, 0.25) is 0 Å². The van der Waals surface area contributed by atoms with Crippen molar-refractivity contribution in [2.24, 2.45) is 5.92 Å². The van der Waals surface area contributed by atoms with E-state index in [1.165, 1.54) is 12.8 Å². The Bertz CT molecular complexity index is 521. The largest absolute Gasteiger partial charge is 0.382 e. The molecule has 116 valence electrons. The molecule has 1 aliphatic carbocycles. The van der Waals surface area contributed by atoms with E-state index < -0.39 is 0 Å². The number of nitrogens with one attached hydrogen (secondary N) is 2. The molecule has 5 heteroatoms. The van der Waals surface area contributed by atoms with Crippen LogP contribution in [-0.4, -0.2) is 28.0 Å². The van der Waals surface area contributed by atoms with E-state index in [1.807, 2.05) is 20.8 Å². The fourth-order valence-corrected chi connectivity index (χ4v) is 2.43. The summed E-state index contributed by atoms with van der Waals surface area (Å²) in [7, 11) is 0. The van der Waals surface area contributed by atoms with Gasteiger partial charge in [0.05, 0.1) is 11.9 Å². The number of carbonyl (C=O) groups is 1. The zero-order chi connectivity index (χ0) is 15.6. The van der Waals surface area contributed by atoms with Crippen LogP contribution in [0.1, 0.15) is 69.7 Å². The summed E-state index contributed by atoms with van der Waals surface area (Å²) in [6, 6.07) is 0. The Kier molecular flexibility index (Phi) is 4.49. The second kappa shape index (κ2) is 6.00. The molecule has 1 aromatic heterocycles. The summed E-state index contributed by atoms with van der Waals surface area (Å²) < 4.78 is 0. The van der Waals surface area contributed by atoms with Gasteiger partial charge in [-0.2, -0.15) is 0 Å². The van der Waals surface area contributed by atoms with Crippen molar-refractivity contribution in [2.75, 3.05) is 11.9 Å². The second-order valence-corrected chi connectivity index (χ2v) is 6.63. The maximum Gasteiger partial charge on any atom is 0.272 e. The Balaban J connectivity index is 2.26. The number of carbonyl (C=O) groups excluding carboxylic acids is 1. The fraction of sp³-hybridized carbons (Fsp3) is 0.688. The molecular weight excluding hydrogens is 264 g/mol. The Morgan fingerprint density at radius 3 is 2.62 bits per heavy atom. The highest BCUT2D eigenvalue weighted by molar-refractivity contribution is 5.97. The zero-order valence-corrected chi connectivity index (χ0v) is 13.7. The summed E-state index contributed by atoms with van der Waals surface area (Å²) in [6.45, 7) is 10.9. The second-order valence-electron chi connectivity index (χ2n) is 6.63. The molecule has 0 aromatic carbocycles. The van der Waals surface area contributed by atoms with Gasteiger partial charge in [-0.3, -0.25) is 4.79 Å². The van der Waals surface area contributed by atoms with Crippen molar-refractivity contribution in [3.05, 3.63) is 17.7 Å². The highest BCUT2D eigenvalue weighted by Crippen LogP contribution is 2.39. The lowest BCUT2D eigenvalue weighted by Crippen LogP contribution is -2.45. The molecule has 1 aliphatic rings. The number of anilines is 1. The topological polar surface area (TPSA) is 66.9 Å². The van der Waals surface area contributed by atoms with E-state index >= 15 is 0 Å². The summed E-state index contributed by atoms with van der Waals surface area (Å²) in [5.74, 6) is 1.36. The first-order valence-corrected chi connectivity index (χ1v) is 7.78. The number of aromatic nitrogens is 2. The number of hydrogen-bond donors (Lipinski definition) is 2. The van der Waals surface area contributed by atoms with Crippen LogP contribution >= 0.6 is 0 Å². The molecule has 0 spiro atoms. The van der Waals surface area contributed by atoms with Crippen molar-refractivity contribution in [3.63, 3.8) is 0 Å². The number of rotatable bonds is 6. The molecule has 5 nitrogen and oxygen atoms in total.